The van der Waals surface area contributed by atoms with Crippen LogP contribution in [0.2, 0.25) is 0 Å². The predicted molar refractivity (Wildman–Crippen MR) is 109 cm³/mol. The highest BCUT2D eigenvalue weighted by atomic mass is 32.1. The summed E-state index contributed by atoms with van der Waals surface area (Å²) in [6.45, 7) is 2.18. The first kappa shape index (κ1) is 18.5. The number of ether oxygens (including phenoxy) is 1. The minimum absolute atomic E-state index is 0.346. The van der Waals surface area contributed by atoms with Gasteiger partial charge in [0.2, 0.25) is 0 Å². The molecule has 2 atom stereocenters. The molecule has 0 saturated heterocycles. The number of rotatable bonds is 7. The second-order valence-electron chi connectivity index (χ2n) is 5.77. The van der Waals surface area contributed by atoms with Crippen LogP contribution < -0.4 is 9.61 Å². The average Bonchev–Trinajstić information content (AvgIpc) is 2.67. The zero-order chi connectivity index (χ0) is 18.4. The van der Waals surface area contributed by atoms with Gasteiger partial charge in [0.1, 0.15) is 12.6 Å². The van der Waals surface area contributed by atoms with E-state index in [2.05, 4.69) is 5.09 Å². The van der Waals surface area contributed by atoms with E-state index in [0.717, 1.165) is 16.3 Å². The smallest absolute Gasteiger partial charge is 0.481 e. The van der Waals surface area contributed by atoms with E-state index in [0.29, 0.717) is 17.4 Å². The lowest BCUT2D eigenvalue weighted by Crippen LogP contribution is -2.30. The van der Waals surface area contributed by atoms with Crippen LogP contribution in [0.3, 0.4) is 0 Å². The van der Waals surface area contributed by atoms with Gasteiger partial charge in [-0.15, -0.1) is 0 Å². The highest BCUT2D eigenvalue weighted by molar-refractivity contribution is 7.80. The first-order valence-corrected chi connectivity index (χ1v) is 9.82. The van der Waals surface area contributed by atoms with Crippen LogP contribution in [-0.4, -0.2) is 11.1 Å². The molecule has 0 heterocycles. The van der Waals surface area contributed by atoms with Crippen molar-refractivity contribution in [3.63, 3.8) is 0 Å². The third-order valence-electron chi connectivity index (χ3n) is 3.81. The van der Waals surface area contributed by atoms with Crippen LogP contribution in [0.1, 0.15) is 12.5 Å². The normalized spacial score (nSPS) is 12.4. The summed E-state index contributed by atoms with van der Waals surface area (Å²) in [5, 5.41) is 5.14. The monoisotopic (exact) mass is 384 g/mol. The zero-order valence-corrected chi connectivity index (χ0v) is 16.0. The number of hydrogen-bond acceptors (Lipinski definition) is 4. The Bertz CT molecular complexity index is 912. The molecule has 1 N–H and O–H groups in total. The van der Waals surface area contributed by atoms with Gasteiger partial charge < -0.3 is 4.74 Å². The summed E-state index contributed by atoms with van der Waals surface area (Å²) in [6, 6.07) is 22.8. The van der Waals surface area contributed by atoms with Crippen molar-refractivity contribution in [3.8, 4) is 5.75 Å². The predicted octanol–water partition coefficient (Wildman–Crippen LogP) is 5.40. The molecule has 0 radical (unpaired) electrons. The first-order valence-electron chi connectivity index (χ1n) is 8.23. The van der Waals surface area contributed by atoms with Gasteiger partial charge >= 0.3 is 8.18 Å². The molecule has 0 aliphatic rings. The van der Waals surface area contributed by atoms with E-state index in [4.69, 9.17) is 21.5 Å². The molecule has 0 spiro atoms. The number of nitrogens with one attached hydrogen (secondary N) is 1. The van der Waals surface area contributed by atoms with E-state index >= 15 is 0 Å². The molecule has 3 rings (SSSR count). The van der Waals surface area contributed by atoms with Crippen molar-refractivity contribution >= 4 is 36.2 Å². The van der Waals surface area contributed by atoms with Crippen molar-refractivity contribution in [2.75, 3.05) is 0 Å². The molecular weight excluding hydrogens is 365 g/mol. The fourth-order valence-electron chi connectivity index (χ4n) is 2.46. The highest BCUT2D eigenvalue weighted by Gasteiger charge is 2.27. The molecule has 0 bridgehead atoms. The van der Waals surface area contributed by atoms with E-state index in [1.807, 2.05) is 66.7 Å². The van der Waals surface area contributed by atoms with Crippen LogP contribution in [0, 0.1) is 0 Å². The molecule has 4 nitrogen and oxygen atoms in total. The Morgan fingerprint density at radius 1 is 1.04 bits per heavy atom. The average molecular weight is 384 g/mol. The van der Waals surface area contributed by atoms with Gasteiger partial charge in [-0.05, 0) is 36.2 Å². The summed E-state index contributed by atoms with van der Waals surface area (Å²) in [5.74, 6) is 0.569. The largest absolute Gasteiger partial charge is 0.664 e. The molecule has 0 saturated carbocycles. The first-order chi connectivity index (χ1) is 12.6. The zero-order valence-electron chi connectivity index (χ0n) is 14.3. The van der Waals surface area contributed by atoms with E-state index < -0.39 is 8.18 Å². The molecule has 0 aliphatic heterocycles. The standard InChI is InChI=1S/C20H19NO3PS/c1-15(20(26)23-14-16-8-3-2-4-9-16)21-25(22)24-19-13-7-11-17-10-5-6-12-18(17)19/h2-13,15H,14H2,1H3,(H,21,22)/q+1/t15-/m0/s1. The second-order valence-corrected chi connectivity index (χ2v) is 7.13. The molecule has 0 aromatic heterocycles. The van der Waals surface area contributed by atoms with Crippen LogP contribution in [0.4, 0.5) is 0 Å². The van der Waals surface area contributed by atoms with E-state index in [-0.39, 0.29) is 6.04 Å². The third kappa shape index (κ3) is 4.85. The number of benzene rings is 3. The Kier molecular flexibility index (Phi) is 6.29. The van der Waals surface area contributed by atoms with E-state index in [1.165, 1.54) is 0 Å². The van der Waals surface area contributed by atoms with Crippen LogP contribution in [-0.2, 0) is 15.9 Å². The van der Waals surface area contributed by atoms with Crippen LogP contribution in [0.25, 0.3) is 10.8 Å². The molecule has 0 aliphatic carbocycles. The third-order valence-corrected chi connectivity index (χ3v) is 5.24. The van der Waals surface area contributed by atoms with Gasteiger partial charge in [-0.25, -0.2) is 4.52 Å². The maximum atomic E-state index is 12.3. The second kappa shape index (κ2) is 8.86. The lowest BCUT2D eigenvalue weighted by molar-refractivity contribution is 0.287. The van der Waals surface area contributed by atoms with Crippen molar-refractivity contribution in [3.05, 3.63) is 78.4 Å². The Morgan fingerprint density at radius 2 is 1.73 bits per heavy atom. The van der Waals surface area contributed by atoms with Gasteiger partial charge in [-0.3, -0.25) is 0 Å². The summed E-state index contributed by atoms with van der Waals surface area (Å²) < 4.78 is 23.5. The summed E-state index contributed by atoms with van der Waals surface area (Å²) in [5.41, 5.74) is 1.03. The minimum Gasteiger partial charge on any atom is -0.481 e. The van der Waals surface area contributed by atoms with Crippen molar-refractivity contribution in [1.82, 2.24) is 5.09 Å². The maximum absolute atomic E-state index is 12.3. The molecule has 6 heteroatoms. The summed E-state index contributed by atoms with van der Waals surface area (Å²) >= 11 is 5.27. The molecule has 26 heavy (non-hydrogen) atoms. The summed E-state index contributed by atoms with van der Waals surface area (Å²) in [6.07, 6.45) is 0. The molecule has 132 valence electrons. The lowest BCUT2D eigenvalue weighted by atomic mass is 10.1. The maximum Gasteiger partial charge on any atom is 0.664 e. The van der Waals surface area contributed by atoms with Gasteiger partial charge in [0.15, 0.2) is 10.8 Å². The molecule has 3 aromatic rings. The van der Waals surface area contributed by atoms with Crippen LogP contribution >= 0.6 is 20.4 Å². The van der Waals surface area contributed by atoms with E-state index in [9.17, 15) is 4.57 Å². The highest BCUT2D eigenvalue weighted by Crippen LogP contribution is 2.31. The van der Waals surface area contributed by atoms with Gasteiger partial charge in [0, 0.05) is 9.95 Å². The SMILES string of the molecule is C[C@H](N[P+](=O)Oc1cccc2ccccc12)C(=S)OCc1ccccc1. The Morgan fingerprint density at radius 3 is 2.54 bits per heavy atom. The quantitative estimate of drug-likeness (QED) is 0.437. The van der Waals surface area contributed by atoms with Crippen molar-refractivity contribution < 1.29 is 13.8 Å². The molecular formula is C20H19NO3PS+. The topological polar surface area (TPSA) is 47.6 Å². The fraction of sp³-hybridized carbons (Fsp3) is 0.150. The van der Waals surface area contributed by atoms with Crippen LogP contribution in [0.15, 0.2) is 72.8 Å². The number of fused-ring (bicyclic) bond motifs is 1. The van der Waals surface area contributed by atoms with Crippen molar-refractivity contribution in [1.29, 1.82) is 0 Å². The van der Waals surface area contributed by atoms with Crippen LogP contribution in [0.5, 0.6) is 5.75 Å². The fourth-order valence-corrected chi connectivity index (χ4v) is 3.48. The Hall–Kier alpha value is -2.33. The van der Waals surface area contributed by atoms with Gasteiger partial charge in [-0.2, -0.15) is 0 Å². The van der Waals surface area contributed by atoms with Crippen molar-refractivity contribution in [2.45, 2.75) is 19.6 Å². The molecule has 1 unspecified atom stereocenters. The van der Waals surface area contributed by atoms with Gasteiger partial charge in [0.25, 0.3) is 0 Å². The minimum atomic E-state index is -2.13. The van der Waals surface area contributed by atoms with Gasteiger partial charge in [-0.1, -0.05) is 71.8 Å². The molecule has 3 aromatic carbocycles. The number of hydrogen-bond donors (Lipinski definition) is 1. The Balaban J connectivity index is 1.56. The molecule has 0 fully saturated rings. The number of thiocarbonyl (C=S) groups is 1. The lowest BCUT2D eigenvalue weighted by Gasteiger charge is -2.11. The van der Waals surface area contributed by atoms with E-state index in [1.54, 1.807) is 13.0 Å². The summed E-state index contributed by atoms with van der Waals surface area (Å²) in [7, 11) is -2.13. The summed E-state index contributed by atoms with van der Waals surface area (Å²) in [4.78, 5) is 0. The van der Waals surface area contributed by atoms with Gasteiger partial charge in [0.05, 0.1) is 0 Å². The van der Waals surface area contributed by atoms with Crippen molar-refractivity contribution in [2.24, 2.45) is 0 Å². The Labute approximate surface area is 159 Å². The molecule has 0 amide bonds.